The number of benzene rings is 3. The lowest BCUT2D eigenvalue weighted by molar-refractivity contribution is -0.384. The van der Waals surface area contributed by atoms with Gasteiger partial charge in [-0.1, -0.05) is 30.3 Å². The first-order valence-electron chi connectivity index (χ1n) is 9.37. The van der Waals surface area contributed by atoms with Crippen LogP contribution in [0, 0.1) is 24.0 Å². The quantitative estimate of drug-likeness (QED) is 0.423. The molecule has 160 valence electrons. The van der Waals surface area contributed by atoms with E-state index in [0.29, 0.717) is 22.5 Å². The highest BCUT2D eigenvalue weighted by Gasteiger charge is 2.18. The van der Waals surface area contributed by atoms with Gasteiger partial charge in [0.1, 0.15) is 0 Å². The largest absolute Gasteiger partial charge is 0.326 e. The second-order valence-electron chi connectivity index (χ2n) is 7.10. The fraction of sp³-hybridized carbons (Fsp3) is 0.136. The Morgan fingerprint density at radius 3 is 2.32 bits per heavy atom. The van der Waals surface area contributed by atoms with Crippen LogP contribution in [0.4, 0.5) is 17.1 Å². The first-order valence-corrected chi connectivity index (χ1v) is 10.9. The maximum Gasteiger partial charge on any atom is 0.269 e. The highest BCUT2D eigenvalue weighted by Crippen LogP contribution is 2.23. The van der Waals surface area contributed by atoms with Crippen LogP contribution >= 0.6 is 0 Å². The van der Waals surface area contributed by atoms with Crippen molar-refractivity contribution in [2.45, 2.75) is 25.2 Å². The van der Waals surface area contributed by atoms with Gasteiger partial charge in [-0.3, -0.25) is 19.6 Å². The molecule has 0 heterocycles. The van der Waals surface area contributed by atoms with E-state index in [4.69, 9.17) is 0 Å². The maximum absolute atomic E-state index is 12.9. The molecule has 1 amide bonds. The Balaban J connectivity index is 1.75. The van der Waals surface area contributed by atoms with Crippen molar-refractivity contribution in [3.05, 3.63) is 93.5 Å². The number of amides is 1. The number of nitrogens with zero attached hydrogens (tertiary/aromatic N) is 1. The van der Waals surface area contributed by atoms with Crippen molar-refractivity contribution >= 4 is 33.0 Å². The van der Waals surface area contributed by atoms with Gasteiger partial charge in [0.25, 0.3) is 15.7 Å². The van der Waals surface area contributed by atoms with E-state index in [1.165, 1.54) is 30.3 Å². The third kappa shape index (κ3) is 5.67. The molecule has 0 atom stereocenters. The number of sulfonamides is 1. The van der Waals surface area contributed by atoms with E-state index in [1.54, 1.807) is 37.3 Å². The molecule has 0 aliphatic heterocycles. The summed E-state index contributed by atoms with van der Waals surface area (Å²) < 4.78 is 28.3. The zero-order valence-electron chi connectivity index (χ0n) is 17.0. The summed E-state index contributed by atoms with van der Waals surface area (Å²) in [6.45, 7) is 3.54. The number of aryl methyl sites for hydroxylation is 2. The number of nitrogens with one attached hydrogen (secondary N) is 2. The number of non-ortho nitro benzene ring substituents is 1. The number of nitro groups is 1. The molecule has 0 aliphatic rings. The van der Waals surface area contributed by atoms with Crippen LogP contribution in [0.15, 0.2) is 71.6 Å². The molecule has 0 spiro atoms. The summed E-state index contributed by atoms with van der Waals surface area (Å²) >= 11 is 0. The SMILES string of the molecule is Cc1cccc(NS(=O)(=O)c2cc(NC(=O)Cc3ccc([N+](=O)[O-])cc3)ccc2C)c1. The average Bonchev–Trinajstić information content (AvgIpc) is 2.69. The van der Waals surface area contributed by atoms with Crippen LogP contribution in [0.25, 0.3) is 0 Å². The van der Waals surface area contributed by atoms with Crippen molar-refractivity contribution in [2.24, 2.45) is 0 Å². The average molecular weight is 439 g/mol. The second-order valence-corrected chi connectivity index (χ2v) is 8.75. The van der Waals surface area contributed by atoms with E-state index in [1.807, 2.05) is 13.0 Å². The Hall–Kier alpha value is -3.72. The fourth-order valence-corrected chi connectivity index (χ4v) is 4.33. The number of hydrogen-bond acceptors (Lipinski definition) is 5. The van der Waals surface area contributed by atoms with Gasteiger partial charge in [-0.2, -0.15) is 0 Å². The van der Waals surface area contributed by atoms with E-state index >= 15 is 0 Å². The Labute approximate surface area is 180 Å². The lowest BCUT2D eigenvalue weighted by Gasteiger charge is -2.13. The first-order chi connectivity index (χ1) is 14.6. The Bertz CT molecular complexity index is 1240. The van der Waals surface area contributed by atoms with Crippen molar-refractivity contribution in [3.63, 3.8) is 0 Å². The van der Waals surface area contributed by atoms with Crippen LogP contribution < -0.4 is 10.0 Å². The molecule has 0 bridgehead atoms. The van der Waals surface area contributed by atoms with Gasteiger partial charge in [-0.15, -0.1) is 0 Å². The highest BCUT2D eigenvalue weighted by molar-refractivity contribution is 7.92. The summed E-state index contributed by atoms with van der Waals surface area (Å²) in [5, 5.41) is 13.4. The predicted molar refractivity (Wildman–Crippen MR) is 119 cm³/mol. The lowest BCUT2D eigenvalue weighted by Crippen LogP contribution is -2.17. The Kier molecular flexibility index (Phi) is 6.36. The molecule has 0 fully saturated rings. The summed E-state index contributed by atoms with van der Waals surface area (Å²) in [5.41, 5.74) is 2.79. The Morgan fingerprint density at radius 1 is 0.968 bits per heavy atom. The van der Waals surface area contributed by atoms with Crippen molar-refractivity contribution in [3.8, 4) is 0 Å². The van der Waals surface area contributed by atoms with E-state index in [2.05, 4.69) is 10.0 Å². The lowest BCUT2D eigenvalue weighted by atomic mass is 10.1. The van der Waals surface area contributed by atoms with Crippen LogP contribution in [0.2, 0.25) is 0 Å². The summed E-state index contributed by atoms with van der Waals surface area (Å²) in [5.74, 6) is -0.368. The number of carbonyl (C=O) groups is 1. The molecule has 0 saturated carbocycles. The molecule has 0 aromatic heterocycles. The van der Waals surface area contributed by atoms with Crippen LogP contribution in [0.1, 0.15) is 16.7 Å². The van der Waals surface area contributed by atoms with Gasteiger partial charge in [0, 0.05) is 23.5 Å². The molecule has 0 radical (unpaired) electrons. The minimum Gasteiger partial charge on any atom is -0.326 e. The number of anilines is 2. The minimum atomic E-state index is -3.86. The monoisotopic (exact) mass is 439 g/mol. The smallest absolute Gasteiger partial charge is 0.269 e. The predicted octanol–water partition coefficient (Wildman–Crippen LogP) is 4.19. The summed E-state index contributed by atoms with van der Waals surface area (Å²) in [6, 6.07) is 17.3. The molecule has 8 nitrogen and oxygen atoms in total. The van der Waals surface area contributed by atoms with Crippen molar-refractivity contribution in [1.29, 1.82) is 0 Å². The molecule has 2 N–H and O–H groups in total. The normalized spacial score (nSPS) is 11.0. The number of hydrogen-bond donors (Lipinski definition) is 2. The molecule has 31 heavy (non-hydrogen) atoms. The molecule has 3 aromatic rings. The van der Waals surface area contributed by atoms with Gasteiger partial charge in [-0.25, -0.2) is 8.42 Å². The van der Waals surface area contributed by atoms with Crippen LogP contribution in [-0.4, -0.2) is 19.2 Å². The summed E-state index contributed by atoms with van der Waals surface area (Å²) in [7, 11) is -3.86. The second kappa shape index (κ2) is 8.97. The van der Waals surface area contributed by atoms with E-state index in [0.717, 1.165) is 5.56 Å². The molecule has 0 unspecified atom stereocenters. The van der Waals surface area contributed by atoms with E-state index < -0.39 is 14.9 Å². The first kappa shape index (κ1) is 22.0. The van der Waals surface area contributed by atoms with E-state index in [9.17, 15) is 23.3 Å². The highest BCUT2D eigenvalue weighted by atomic mass is 32.2. The fourth-order valence-electron chi connectivity index (χ4n) is 3.01. The maximum atomic E-state index is 12.9. The van der Waals surface area contributed by atoms with Gasteiger partial charge < -0.3 is 5.32 Å². The molecular weight excluding hydrogens is 418 g/mol. The number of nitro benzene ring substituents is 1. The van der Waals surface area contributed by atoms with Gasteiger partial charge in [0.15, 0.2) is 0 Å². The zero-order valence-corrected chi connectivity index (χ0v) is 17.8. The van der Waals surface area contributed by atoms with E-state index in [-0.39, 0.29) is 22.9 Å². The summed E-state index contributed by atoms with van der Waals surface area (Å²) in [6.07, 6.45) is -0.00447. The van der Waals surface area contributed by atoms with Gasteiger partial charge in [0.05, 0.1) is 16.2 Å². The molecule has 3 aromatic carbocycles. The molecule has 3 rings (SSSR count). The van der Waals surface area contributed by atoms with Gasteiger partial charge >= 0.3 is 0 Å². The van der Waals surface area contributed by atoms with Gasteiger partial charge in [-0.05, 0) is 54.8 Å². The topological polar surface area (TPSA) is 118 Å². The van der Waals surface area contributed by atoms with Crippen molar-refractivity contribution in [2.75, 3.05) is 10.0 Å². The van der Waals surface area contributed by atoms with Crippen molar-refractivity contribution in [1.82, 2.24) is 0 Å². The third-order valence-electron chi connectivity index (χ3n) is 4.54. The van der Waals surface area contributed by atoms with Crippen molar-refractivity contribution < 1.29 is 18.1 Å². The molecule has 0 saturated heterocycles. The van der Waals surface area contributed by atoms with Crippen LogP contribution in [-0.2, 0) is 21.2 Å². The standard InChI is InChI=1S/C22H21N3O5S/c1-15-4-3-5-19(12-15)24-31(29,30)21-14-18(9-6-16(21)2)23-22(26)13-17-7-10-20(11-8-17)25(27)28/h3-12,14,24H,13H2,1-2H3,(H,23,26). The van der Waals surface area contributed by atoms with Crippen LogP contribution in [0.5, 0.6) is 0 Å². The minimum absolute atomic E-state index is 0.00447. The molecule has 9 heteroatoms. The number of carbonyl (C=O) groups excluding carboxylic acids is 1. The number of rotatable bonds is 7. The van der Waals surface area contributed by atoms with Gasteiger partial charge in [0.2, 0.25) is 5.91 Å². The summed E-state index contributed by atoms with van der Waals surface area (Å²) in [4.78, 5) is 22.6. The molecule has 0 aliphatic carbocycles. The zero-order chi connectivity index (χ0) is 22.6. The molecular formula is C22H21N3O5S. The van der Waals surface area contributed by atoms with Crippen LogP contribution in [0.3, 0.4) is 0 Å². The third-order valence-corrected chi connectivity index (χ3v) is 6.07. The Morgan fingerprint density at radius 2 is 1.68 bits per heavy atom.